The van der Waals surface area contributed by atoms with E-state index in [1.54, 1.807) is 11.8 Å². The standard InChI is InChI=1S/C8H15NO3S2/c1-14(11,12)5-2-8(10)7-6-13-4-3-9-7/h7,9H,2-6H2,1H3. The summed E-state index contributed by atoms with van der Waals surface area (Å²) in [6.45, 7) is 0.833. The van der Waals surface area contributed by atoms with Crippen LogP contribution in [0.1, 0.15) is 6.42 Å². The van der Waals surface area contributed by atoms with Gasteiger partial charge in [-0.2, -0.15) is 11.8 Å². The van der Waals surface area contributed by atoms with Gasteiger partial charge in [0.25, 0.3) is 0 Å². The molecule has 0 radical (unpaired) electrons. The Kier molecular flexibility index (Phi) is 4.40. The number of carbonyl (C=O) groups excluding carboxylic acids is 1. The summed E-state index contributed by atoms with van der Waals surface area (Å²) in [6, 6.07) is -0.143. The molecule has 1 N–H and O–H groups in total. The largest absolute Gasteiger partial charge is 0.306 e. The molecule has 0 bridgehead atoms. The first-order chi connectivity index (χ1) is 6.49. The van der Waals surface area contributed by atoms with Crippen molar-refractivity contribution in [2.75, 3.05) is 30.1 Å². The van der Waals surface area contributed by atoms with Crippen LogP contribution in [-0.4, -0.2) is 50.3 Å². The van der Waals surface area contributed by atoms with Crippen molar-refractivity contribution in [1.82, 2.24) is 5.32 Å². The van der Waals surface area contributed by atoms with Crippen LogP contribution in [0.15, 0.2) is 0 Å². The van der Waals surface area contributed by atoms with Crippen LogP contribution in [0.2, 0.25) is 0 Å². The molecule has 1 atom stereocenters. The van der Waals surface area contributed by atoms with E-state index >= 15 is 0 Å². The molecule has 1 heterocycles. The quantitative estimate of drug-likeness (QED) is 0.727. The number of Topliss-reactive ketones (excluding diaryl/α,β-unsaturated/α-hetero) is 1. The molecule has 0 aliphatic carbocycles. The maximum Gasteiger partial charge on any atom is 0.151 e. The highest BCUT2D eigenvalue weighted by Gasteiger charge is 2.21. The zero-order valence-corrected chi connectivity index (χ0v) is 9.79. The Balaban J connectivity index is 2.34. The molecular formula is C8H15NO3S2. The van der Waals surface area contributed by atoms with Gasteiger partial charge in [-0.1, -0.05) is 0 Å². The van der Waals surface area contributed by atoms with Crippen LogP contribution in [0.25, 0.3) is 0 Å². The fraction of sp³-hybridized carbons (Fsp3) is 0.875. The Morgan fingerprint density at radius 3 is 2.79 bits per heavy atom. The molecule has 0 aromatic carbocycles. The molecular weight excluding hydrogens is 222 g/mol. The summed E-state index contributed by atoms with van der Waals surface area (Å²) in [5, 5.41) is 3.09. The molecule has 1 unspecified atom stereocenters. The van der Waals surface area contributed by atoms with Gasteiger partial charge in [0.2, 0.25) is 0 Å². The second-order valence-electron chi connectivity index (χ2n) is 3.43. The van der Waals surface area contributed by atoms with Crippen molar-refractivity contribution >= 4 is 27.4 Å². The van der Waals surface area contributed by atoms with Crippen molar-refractivity contribution < 1.29 is 13.2 Å². The minimum Gasteiger partial charge on any atom is -0.306 e. The highest BCUT2D eigenvalue weighted by Crippen LogP contribution is 2.09. The van der Waals surface area contributed by atoms with Crippen molar-refractivity contribution in [2.45, 2.75) is 12.5 Å². The second-order valence-corrected chi connectivity index (χ2v) is 6.84. The highest BCUT2D eigenvalue weighted by molar-refractivity contribution is 7.99. The number of nitrogens with one attached hydrogen (secondary N) is 1. The van der Waals surface area contributed by atoms with E-state index in [2.05, 4.69) is 5.32 Å². The average Bonchev–Trinajstić information content (AvgIpc) is 2.14. The normalized spacial score (nSPS) is 23.4. The Morgan fingerprint density at radius 1 is 1.57 bits per heavy atom. The Bertz CT molecular complexity index is 294. The minimum atomic E-state index is -3.01. The van der Waals surface area contributed by atoms with Crippen LogP contribution >= 0.6 is 11.8 Å². The van der Waals surface area contributed by atoms with Gasteiger partial charge in [0.15, 0.2) is 5.78 Å². The number of carbonyl (C=O) groups is 1. The molecule has 0 aromatic rings. The number of rotatable bonds is 4. The first kappa shape index (κ1) is 12.0. The molecule has 1 fully saturated rings. The minimum absolute atomic E-state index is 0.0163. The molecule has 0 spiro atoms. The van der Waals surface area contributed by atoms with Crippen LogP contribution < -0.4 is 5.32 Å². The lowest BCUT2D eigenvalue weighted by atomic mass is 10.1. The SMILES string of the molecule is CS(=O)(=O)CCC(=O)C1CSCCN1. The maximum atomic E-state index is 11.5. The number of ketones is 1. The third kappa shape index (κ3) is 4.43. The molecule has 0 saturated carbocycles. The molecule has 0 amide bonds. The van der Waals surface area contributed by atoms with Crippen LogP contribution in [0.3, 0.4) is 0 Å². The van der Waals surface area contributed by atoms with E-state index in [1.807, 2.05) is 0 Å². The molecule has 1 saturated heterocycles. The number of thioether (sulfide) groups is 1. The highest BCUT2D eigenvalue weighted by atomic mass is 32.2. The predicted molar refractivity (Wildman–Crippen MR) is 58.5 cm³/mol. The molecule has 1 aliphatic heterocycles. The summed E-state index contributed by atoms with van der Waals surface area (Å²) in [4.78, 5) is 11.5. The lowest BCUT2D eigenvalue weighted by Crippen LogP contribution is -2.43. The van der Waals surface area contributed by atoms with Crippen LogP contribution in [0.4, 0.5) is 0 Å². The van der Waals surface area contributed by atoms with Gasteiger partial charge in [-0.3, -0.25) is 4.79 Å². The third-order valence-corrected chi connectivity index (χ3v) is 4.04. The number of hydrogen-bond donors (Lipinski definition) is 1. The van der Waals surface area contributed by atoms with E-state index in [4.69, 9.17) is 0 Å². The number of sulfone groups is 1. The molecule has 1 aliphatic rings. The van der Waals surface area contributed by atoms with Crippen molar-refractivity contribution in [1.29, 1.82) is 0 Å². The monoisotopic (exact) mass is 237 g/mol. The molecule has 82 valence electrons. The summed E-state index contributed by atoms with van der Waals surface area (Å²) >= 11 is 1.73. The topological polar surface area (TPSA) is 63.2 Å². The fourth-order valence-corrected chi connectivity index (χ4v) is 2.77. The summed E-state index contributed by atoms with van der Waals surface area (Å²) in [6.07, 6.45) is 1.29. The zero-order valence-electron chi connectivity index (χ0n) is 8.15. The molecule has 4 nitrogen and oxygen atoms in total. The first-order valence-corrected chi connectivity index (χ1v) is 7.72. The van der Waals surface area contributed by atoms with E-state index in [-0.39, 0.29) is 24.0 Å². The Hall–Kier alpha value is -0.0700. The van der Waals surface area contributed by atoms with E-state index in [9.17, 15) is 13.2 Å². The number of hydrogen-bond acceptors (Lipinski definition) is 5. The molecule has 1 rings (SSSR count). The fourth-order valence-electron chi connectivity index (χ4n) is 1.23. The van der Waals surface area contributed by atoms with E-state index < -0.39 is 9.84 Å². The maximum absolute atomic E-state index is 11.5. The summed E-state index contributed by atoms with van der Waals surface area (Å²) < 4.78 is 21.7. The first-order valence-electron chi connectivity index (χ1n) is 4.50. The zero-order chi connectivity index (χ0) is 10.6. The Labute approximate surface area is 88.7 Å². The lowest BCUT2D eigenvalue weighted by Gasteiger charge is -2.21. The molecule has 6 heteroatoms. The van der Waals surface area contributed by atoms with Gasteiger partial charge in [-0.15, -0.1) is 0 Å². The van der Waals surface area contributed by atoms with Gasteiger partial charge in [-0.25, -0.2) is 8.42 Å². The molecule has 0 aromatic heterocycles. The van der Waals surface area contributed by atoms with Crippen molar-refractivity contribution in [3.63, 3.8) is 0 Å². The van der Waals surface area contributed by atoms with E-state index in [0.717, 1.165) is 24.3 Å². The van der Waals surface area contributed by atoms with Gasteiger partial charge in [0.05, 0.1) is 11.8 Å². The lowest BCUT2D eigenvalue weighted by molar-refractivity contribution is -0.120. The van der Waals surface area contributed by atoms with E-state index in [1.165, 1.54) is 0 Å². The predicted octanol–water partition coefficient (Wildman–Crippen LogP) is -0.305. The smallest absolute Gasteiger partial charge is 0.151 e. The molecule has 14 heavy (non-hydrogen) atoms. The van der Waals surface area contributed by atoms with Gasteiger partial charge in [0, 0.05) is 30.7 Å². The van der Waals surface area contributed by atoms with Gasteiger partial charge in [-0.05, 0) is 0 Å². The van der Waals surface area contributed by atoms with Crippen molar-refractivity contribution in [3.8, 4) is 0 Å². The van der Waals surface area contributed by atoms with Crippen molar-refractivity contribution in [2.24, 2.45) is 0 Å². The summed E-state index contributed by atoms with van der Waals surface area (Å²) in [5.41, 5.74) is 0. The van der Waals surface area contributed by atoms with Gasteiger partial charge < -0.3 is 5.32 Å². The van der Waals surface area contributed by atoms with E-state index in [0.29, 0.717) is 0 Å². The summed E-state index contributed by atoms with van der Waals surface area (Å²) in [7, 11) is -3.01. The summed E-state index contributed by atoms with van der Waals surface area (Å²) in [5.74, 6) is 1.77. The third-order valence-electron chi connectivity index (χ3n) is 2.03. The van der Waals surface area contributed by atoms with Crippen molar-refractivity contribution in [3.05, 3.63) is 0 Å². The van der Waals surface area contributed by atoms with Gasteiger partial charge >= 0.3 is 0 Å². The van der Waals surface area contributed by atoms with Crippen LogP contribution in [-0.2, 0) is 14.6 Å². The average molecular weight is 237 g/mol. The van der Waals surface area contributed by atoms with Crippen LogP contribution in [0.5, 0.6) is 0 Å². The van der Waals surface area contributed by atoms with Crippen LogP contribution in [0, 0.1) is 0 Å². The second kappa shape index (κ2) is 5.14. The van der Waals surface area contributed by atoms with Gasteiger partial charge in [0.1, 0.15) is 9.84 Å². The Morgan fingerprint density at radius 2 is 2.29 bits per heavy atom.